The lowest BCUT2D eigenvalue weighted by molar-refractivity contribution is 0.0946. The highest BCUT2D eigenvalue weighted by Gasteiger charge is 2.28. The number of H-pyrrole nitrogens is 1. The summed E-state index contributed by atoms with van der Waals surface area (Å²) < 4.78 is 0. The number of hydrogen-bond acceptors (Lipinski definition) is 2. The number of nitrogens with one attached hydrogen (secondary N) is 2. The zero-order valence-corrected chi connectivity index (χ0v) is 9.05. The summed E-state index contributed by atoms with van der Waals surface area (Å²) in [5.41, 5.74) is 6.33. The Morgan fingerprint density at radius 2 is 2.47 bits per heavy atom. The Morgan fingerprint density at radius 1 is 1.73 bits per heavy atom. The van der Waals surface area contributed by atoms with E-state index in [2.05, 4.69) is 10.3 Å². The second kappa shape index (κ2) is 4.24. The third-order valence-electron chi connectivity index (χ3n) is 2.62. The molecule has 4 nitrogen and oxygen atoms in total. The molecule has 0 radical (unpaired) electrons. The first-order valence-electron chi connectivity index (χ1n) is 5.04. The molecule has 0 spiro atoms. The van der Waals surface area contributed by atoms with Gasteiger partial charge in [0.1, 0.15) is 5.69 Å². The van der Waals surface area contributed by atoms with Gasteiger partial charge in [-0.25, -0.2) is 0 Å². The molecule has 0 bridgehead atoms. The average Bonchev–Trinajstić information content (AvgIpc) is 2.97. The number of nitrogens with two attached hydrogens (primary N) is 1. The molecule has 1 atom stereocenters. The summed E-state index contributed by atoms with van der Waals surface area (Å²) in [5, 5.41) is 3.31. The predicted octanol–water partition coefficient (Wildman–Crippen LogP) is 1.14. The quantitative estimate of drug-likeness (QED) is 0.722. The number of halogens is 1. The monoisotopic (exact) mass is 227 g/mol. The molecule has 1 heterocycles. The molecular weight excluding hydrogens is 214 g/mol. The summed E-state index contributed by atoms with van der Waals surface area (Å²) >= 11 is 5.69. The van der Waals surface area contributed by atoms with Crippen LogP contribution in [0.3, 0.4) is 0 Å². The fourth-order valence-electron chi connectivity index (χ4n) is 1.50. The van der Waals surface area contributed by atoms with Crippen LogP contribution in [0.1, 0.15) is 23.3 Å². The third kappa shape index (κ3) is 2.73. The number of aromatic nitrogens is 1. The minimum Gasteiger partial charge on any atom is -0.356 e. The number of aromatic amines is 1. The lowest BCUT2D eigenvalue weighted by Gasteiger charge is -2.10. The molecule has 1 aliphatic carbocycles. The SMILES string of the molecule is NC(CNC(=O)c1cc(Cl)c[nH]1)C1CC1. The standard InChI is InChI=1S/C10H14ClN3O/c11-7-3-9(13-4-7)10(15)14-5-8(12)6-1-2-6/h3-4,6,8,13H,1-2,5,12H2,(H,14,15). The van der Waals surface area contributed by atoms with Crippen molar-refractivity contribution in [1.82, 2.24) is 10.3 Å². The molecule has 1 aromatic heterocycles. The van der Waals surface area contributed by atoms with Gasteiger partial charge in [0.25, 0.3) is 5.91 Å². The van der Waals surface area contributed by atoms with Crippen LogP contribution in [0, 0.1) is 5.92 Å². The number of amides is 1. The first kappa shape index (κ1) is 10.5. The van der Waals surface area contributed by atoms with Gasteiger partial charge in [-0.1, -0.05) is 11.6 Å². The number of rotatable bonds is 4. The Kier molecular flexibility index (Phi) is 2.98. The van der Waals surface area contributed by atoms with E-state index in [4.69, 9.17) is 17.3 Å². The molecule has 1 aromatic rings. The third-order valence-corrected chi connectivity index (χ3v) is 2.84. The maximum atomic E-state index is 11.5. The summed E-state index contributed by atoms with van der Waals surface area (Å²) in [7, 11) is 0. The van der Waals surface area contributed by atoms with E-state index in [9.17, 15) is 4.79 Å². The van der Waals surface area contributed by atoms with Crippen molar-refractivity contribution in [2.45, 2.75) is 18.9 Å². The molecule has 82 valence electrons. The zero-order chi connectivity index (χ0) is 10.8. The van der Waals surface area contributed by atoms with Crippen molar-refractivity contribution in [3.05, 3.63) is 23.0 Å². The van der Waals surface area contributed by atoms with Gasteiger partial charge >= 0.3 is 0 Å². The van der Waals surface area contributed by atoms with Gasteiger partial charge in [-0.15, -0.1) is 0 Å². The normalized spacial score (nSPS) is 17.5. The summed E-state index contributed by atoms with van der Waals surface area (Å²) in [5.74, 6) is 0.440. The van der Waals surface area contributed by atoms with Crippen LogP contribution in [-0.2, 0) is 0 Å². The lowest BCUT2D eigenvalue weighted by atomic mass is 10.2. The topological polar surface area (TPSA) is 70.9 Å². The highest BCUT2D eigenvalue weighted by molar-refractivity contribution is 6.30. The number of carbonyl (C=O) groups excluding carboxylic acids is 1. The van der Waals surface area contributed by atoms with Gasteiger partial charge in [0, 0.05) is 18.8 Å². The van der Waals surface area contributed by atoms with Crippen LogP contribution in [0.2, 0.25) is 5.02 Å². The summed E-state index contributed by atoms with van der Waals surface area (Å²) in [4.78, 5) is 14.3. The van der Waals surface area contributed by atoms with Gasteiger partial charge in [0.2, 0.25) is 0 Å². The Labute approximate surface area is 93.2 Å². The van der Waals surface area contributed by atoms with Crippen LogP contribution in [0.5, 0.6) is 0 Å². The van der Waals surface area contributed by atoms with E-state index in [0.717, 1.165) is 0 Å². The fourth-order valence-corrected chi connectivity index (χ4v) is 1.66. The van der Waals surface area contributed by atoms with Gasteiger partial charge in [-0.3, -0.25) is 4.79 Å². The summed E-state index contributed by atoms with van der Waals surface area (Å²) in [6, 6.07) is 1.68. The van der Waals surface area contributed by atoms with Crippen molar-refractivity contribution in [2.24, 2.45) is 11.7 Å². The second-order valence-electron chi connectivity index (χ2n) is 3.94. The molecule has 1 aliphatic rings. The van der Waals surface area contributed by atoms with Crippen molar-refractivity contribution in [3.8, 4) is 0 Å². The van der Waals surface area contributed by atoms with Crippen LogP contribution in [0.25, 0.3) is 0 Å². The minimum atomic E-state index is -0.155. The molecule has 1 amide bonds. The molecule has 2 rings (SSSR count). The molecule has 5 heteroatoms. The number of carbonyl (C=O) groups is 1. The van der Waals surface area contributed by atoms with Gasteiger partial charge < -0.3 is 16.0 Å². The molecule has 1 unspecified atom stereocenters. The van der Waals surface area contributed by atoms with Crippen molar-refractivity contribution >= 4 is 17.5 Å². The average molecular weight is 228 g/mol. The highest BCUT2D eigenvalue weighted by atomic mass is 35.5. The molecular formula is C10H14ClN3O. The van der Waals surface area contributed by atoms with Crippen LogP contribution < -0.4 is 11.1 Å². The summed E-state index contributed by atoms with van der Waals surface area (Å²) in [6.07, 6.45) is 3.95. The molecule has 0 aliphatic heterocycles. The Hall–Kier alpha value is -1.00. The highest BCUT2D eigenvalue weighted by Crippen LogP contribution is 2.31. The number of hydrogen-bond donors (Lipinski definition) is 3. The maximum absolute atomic E-state index is 11.5. The largest absolute Gasteiger partial charge is 0.356 e. The van der Waals surface area contributed by atoms with E-state index >= 15 is 0 Å². The van der Waals surface area contributed by atoms with Crippen molar-refractivity contribution in [2.75, 3.05) is 6.54 Å². The molecule has 4 N–H and O–H groups in total. The smallest absolute Gasteiger partial charge is 0.267 e. The minimum absolute atomic E-state index is 0.0828. The van der Waals surface area contributed by atoms with E-state index in [1.807, 2.05) is 0 Å². The van der Waals surface area contributed by atoms with E-state index < -0.39 is 0 Å². The van der Waals surface area contributed by atoms with Gasteiger partial charge in [-0.2, -0.15) is 0 Å². The van der Waals surface area contributed by atoms with Crippen molar-refractivity contribution in [3.63, 3.8) is 0 Å². The fraction of sp³-hybridized carbons (Fsp3) is 0.500. The predicted molar refractivity (Wildman–Crippen MR) is 58.8 cm³/mol. The molecule has 1 fully saturated rings. The Morgan fingerprint density at radius 3 is 3.00 bits per heavy atom. The molecule has 15 heavy (non-hydrogen) atoms. The van der Waals surface area contributed by atoms with E-state index in [0.29, 0.717) is 23.2 Å². The second-order valence-corrected chi connectivity index (χ2v) is 4.38. The van der Waals surface area contributed by atoms with Gasteiger partial charge in [0.15, 0.2) is 0 Å². The Bertz CT molecular complexity index is 359. The molecule has 1 saturated carbocycles. The maximum Gasteiger partial charge on any atom is 0.267 e. The van der Waals surface area contributed by atoms with Crippen LogP contribution >= 0.6 is 11.6 Å². The van der Waals surface area contributed by atoms with Crippen molar-refractivity contribution in [1.29, 1.82) is 0 Å². The molecule has 0 saturated heterocycles. The van der Waals surface area contributed by atoms with E-state index in [-0.39, 0.29) is 11.9 Å². The van der Waals surface area contributed by atoms with Gasteiger partial charge in [-0.05, 0) is 24.8 Å². The Balaban J connectivity index is 1.81. The van der Waals surface area contributed by atoms with Crippen molar-refractivity contribution < 1.29 is 4.79 Å². The van der Waals surface area contributed by atoms with Crippen LogP contribution in [0.4, 0.5) is 0 Å². The molecule has 0 aromatic carbocycles. The van der Waals surface area contributed by atoms with Gasteiger partial charge in [0.05, 0.1) is 5.02 Å². The first-order chi connectivity index (χ1) is 7.16. The zero-order valence-electron chi connectivity index (χ0n) is 8.29. The van der Waals surface area contributed by atoms with Crippen LogP contribution in [0.15, 0.2) is 12.3 Å². The lowest BCUT2D eigenvalue weighted by Crippen LogP contribution is -2.38. The first-order valence-corrected chi connectivity index (χ1v) is 5.42. The van der Waals surface area contributed by atoms with E-state index in [1.165, 1.54) is 12.8 Å². The summed E-state index contributed by atoms with van der Waals surface area (Å²) in [6.45, 7) is 0.528. The van der Waals surface area contributed by atoms with E-state index in [1.54, 1.807) is 12.3 Å². The van der Waals surface area contributed by atoms with Crippen LogP contribution in [-0.4, -0.2) is 23.5 Å².